The highest BCUT2D eigenvalue weighted by molar-refractivity contribution is 5.43. The third-order valence-corrected chi connectivity index (χ3v) is 3.61. The summed E-state index contributed by atoms with van der Waals surface area (Å²) in [5.74, 6) is 2.78. The molecule has 1 aliphatic heterocycles. The maximum Gasteiger partial charge on any atom is 0.161 e. The first-order valence-corrected chi connectivity index (χ1v) is 7.77. The van der Waals surface area contributed by atoms with Gasteiger partial charge in [-0.15, -0.1) is 0 Å². The van der Waals surface area contributed by atoms with Gasteiger partial charge in [0.05, 0.1) is 20.3 Å². The van der Waals surface area contributed by atoms with Gasteiger partial charge in [-0.2, -0.15) is 0 Å². The van der Waals surface area contributed by atoms with Crippen LogP contribution in [0.1, 0.15) is 25.8 Å². The number of methoxy groups -OCH3 is 1. The SMILES string of the molecule is COc1cc(CNCC(C)C)ccc1OCC1CCOC1. The molecule has 1 heterocycles. The molecule has 1 atom stereocenters. The van der Waals surface area contributed by atoms with E-state index in [-0.39, 0.29) is 0 Å². The average molecular weight is 293 g/mol. The van der Waals surface area contributed by atoms with E-state index in [4.69, 9.17) is 14.2 Å². The third kappa shape index (κ3) is 5.21. The van der Waals surface area contributed by atoms with Crippen LogP contribution in [0.4, 0.5) is 0 Å². The summed E-state index contributed by atoms with van der Waals surface area (Å²) in [6.07, 6.45) is 1.08. The van der Waals surface area contributed by atoms with E-state index in [0.717, 1.165) is 44.2 Å². The van der Waals surface area contributed by atoms with Gasteiger partial charge in [0.1, 0.15) is 0 Å². The lowest BCUT2D eigenvalue weighted by Crippen LogP contribution is -2.19. The molecule has 0 bridgehead atoms. The largest absolute Gasteiger partial charge is 0.493 e. The van der Waals surface area contributed by atoms with Crippen molar-refractivity contribution in [1.29, 1.82) is 0 Å². The lowest BCUT2D eigenvalue weighted by Gasteiger charge is -2.15. The molecular formula is C17H27NO3. The van der Waals surface area contributed by atoms with Crippen molar-refractivity contribution >= 4 is 0 Å². The predicted molar refractivity (Wildman–Crippen MR) is 84.0 cm³/mol. The van der Waals surface area contributed by atoms with E-state index in [2.05, 4.69) is 25.2 Å². The topological polar surface area (TPSA) is 39.7 Å². The minimum absolute atomic E-state index is 0.502. The van der Waals surface area contributed by atoms with Crippen LogP contribution in [-0.4, -0.2) is 33.5 Å². The Morgan fingerprint density at radius 1 is 1.33 bits per heavy atom. The van der Waals surface area contributed by atoms with Gasteiger partial charge >= 0.3 is 0 Å². The van der Waals surface area contributed by atoms with Crippen LogP contribution < -0.4 is 14.8 Å². The van der Waals surface area contributed by atoms with Gasteiger partial charge in [-0.25, -0.2) is 0 Å². The van der Waals surface area contributed by atoms with Crippen molar-refractivity contribution in [3.05, 3.63) is 23.8 Å². The van der Waals surface area contributed by atoms with E-state index < -0.39 is 0 Å². The summed E-state index contributed by atoms with van der Waals surface area (Å²) in [6.45, 7) is 8.63. The maximum absolute atomic E-state index is 5.88. The summed E-state index contributed by atoms with van der Waals surface area (Å²) in [5.41, 5.74) is 1.21. The highest BCUT2D eigenvalue weighted by Gasteiger charge is 2.17. The highest BCUT2D eigenvalue weighted by Crippen LogP contribution is 2.29. The zero-order valence-electron chi connectivity index (χ0n) is 13.4. The Morgan fingerprint density at radius 3 is 2.86 bits per heavy atom. The van der Waals surface area contributed by atoms with Gasteiger partial charge < -0.3 is 19.5 Å². The number of hydrogen-bond donors (Lipinski definition) is 1. The van der Waals surface area contributed by atoms with Gasteiger partial charge in [-0.1, -0.05) is 19.9 Å². The van der Waals surface area contributed by atoms with Crippen molar-refractivity contribution in [2.45, 2.75) is 26.8 Å². The average Bonchev–Trinajstić information content (AvgIpc) is 2.98. The Hall–Kier alpha value is -1.26. The molecule has 0 aliphatic carbocycles. The molecule has 0 saturated carbocycles. The lowest BCUT2D eigenvalue weighted by atomic mass is 10.1. The minimum atomic E-state index is 0.502. The van der Waals surface area contributed by atoms with Crippen LogP contribution >= 0.6 is 0 Å². The fourth-order valence-corrected chi connectivity index (χ4v) is 2.37. The Labute approximate surface area is 127 Å². The van der Waals surface area contributed by atoms with Crippen molar-refractivity contribution in [2.75, 3.05) is 33.5 Å². The van der Waals surface area contributed by atoms with Gasteiger partial charge in [-0.3, -0.25) is 0 Å². The van der Waals surface area contributed by atoms with E-state index in [9.17, 15) is 0 Å². The number of hydrogen-bond acceptors (Lipinski definition) is 4. The van der Waals surface area contributed by atoms with Crippen LogP contribution in [0.15, 0.2) is 18.2 Å². The van der Waals surface area contributed by atoms with Gasteiger partial charge in [0.25, 0.3) is 0 Å². The van der Waals surface area contributed by atoms with E-state index in [1.54, 1.807) is 7.11 Å². The normalized spacial score (nSPS) is 18.2. The van der Waals surface area contributed by atoms with Gasteiger partial charge in [0, 0.05) is 19.1 Å². The van der Waals surface area contributed by atoms with Crippen molar-refractivity contribution in [2.24, 2.45) is 11.8 Å². The Balaban J connectivity index is 1.88. The first kappa shape index (κ1) is 16.1. The second-order valence-corrected chi connectivity index (χ2v) is 6.05. The molecule has 1 fully saturated rings. The molecule has 0 spiro atoms. The second kappa shape index (κ2) is 8.25. The molecular weight excluding hydrogens is 266 g/mol. The smallest absolute Gasteiger partial charge is 0.161 e. The maximum atomic E-state index is 5.88. The first-order chi connectivity index (χ1) is 10.2. The summed E-state index contributed by atoms with van der Waals surface area (Å²) in [6, 6.07) is 6.14. The van der Waals surface area contributed by atoms with E-state index in [1.807, 2.05) is 12.1 Å². The molecule has 2 rings (SSSR count). The molecule has 4 heteroatoms. The van der Waals surface area contributed by atoms with Crippen LogP contribution in [0.2, 0.25) is 0 Å². The van der Waals surface area contributed by atoms with Crippen molar-refractivity contribution in [3.8, 4) is 11.5 Å². The molecule has 1 unspecified atom stereocenters. The Bertz CT molecular complexity index is 428. The predicted octanol–water partition coefficient (Wildman–Crippen LogP) is 2.86. The molecule has 0 aromatic heterocycles. The minimum Gasteiger partial charge on any atom is -0.493 e. The van der Waals surface area contributed by atoms with E-state index in [1.165, 1.54) is 5.56 Å². The molecule has 21 heavy (non-hydrogen) atoms. The second-order valence-electron chi connectivity index (χ2n) is 6.05. The summed E-state index contributed by atoms with van der Waals surface area (Å²) >= 11 is 0. The molecule has 1 aromatic rings. The van der Waals surface area contributed by atoms with Crippen LogP contribution in [0, 0.1) is 11.8 Å². The summed E-state index contributed by atoms with van der Waals surface area (Å²) < 4.78 is 16.7. The molecule has 1 saturated heterocycles. The summed E-state index contributed by atoms with van der Waals surface area (Å²) in [4.78, 5) is 0. The number of rotatable bonds is 8. The van der Waals surface area contributed by atoms with Crippen LogP contribution in [-0.2, 0) is 11.3 Å². The highest BCUT2D eigenvalue weighted by atomic mass is 16.5. The van der Waals surface area contributed by atoms with Gasteiger partial charge in [0.15, 0.2) is 11.5 Å². The standard InChI is InChI=1S/C17H27NO3/c1-13(2)9-18-10-14-4-5-16(17(8-14)19-3)21-12-15-6-7-20-11-15/h4-5,8,13,15,18H,6-7,9-12H2,1-3H3. The van der Waals surface area contributed by atoms with Crippen LogP contribution in [0.5, 0.6) is 11.5 Å². The molecule has 1 aromatic carbocycles. The molecule has 118 valence electrons. The van der Waals surface area contributed by atoms with E-state index >= 15 is 0 Å². The molecule has 0 amide bonds. The van der Waals surface area contributed by atoms with Crippen molar-refractivity contribution < 1.29 is 14.2 Å². The third-order valence-electron chi connectivity index (χ3n) is 3.61. The van der Waals surface area contributed by atoms with Gasteiger partial charge in [-0.05, 0) is 36.6 Å². The number of benzene rings is 1. The van der Waals surface area contributed by atoms with Crippen molar-refractivity contribution in [1.82, 2.24) is 5.32 Å². The summed E-state index contributed by atoms with van der Waals surface area (Å²) in [5, 5.41) is 3.44. The lowest BCUT2D eigenvalue weighted by molar-refractivity contribution is 0.165. The summed E-state index contributed by atoms with van der Waals surface area (Å²) in [7, 11) is 1.69. The fourth-order valence-electron chi connectivity index (χ4n) is 2.37. The number of ether oxygens (including phenoxy) is 3. The fraction of sp³-hybridized carbons (Fsp3) is 0.647. The van der Waals surface area contributed by atoms with Gasteiger partial charge in [0.2, 0.25) is 0 Å². The van der Waals surface area contributed by atoms with E-state index in [0.29, 0.717) is 18.4 Å². The molecule has 0 radical (unpaired) electrons. The number of nitrogens with one attached hydrogen (secondary N) is 1. The molecule has 1 aliphatic rings. The van der Waals surface area contributed by atoms with Crippen molar-refractivity contribution in [3.63, 3.8) is 0 Å². The molecule has 4 nitrogen and oxygen atoms in total. The first-order valence-electron chi connectivity index (χ1n) is 7.77. The Kier molecular flexibility index (Phi) is 6.33. The molecule has 1 N–H and O–H groups in total. The zero-order valence-corrected chi connectivity index (χ0v) is 13.4. The Morgan fingerprint density at radius 2 is 2.19 bits per heavy atom. The van der Waals surface area contributed by atoms with Crippen LogP contribution in [0.25, 0.3) is 0 Å². The quantitative estimate of drug-likeness (QED) is 0.800. The van der Waals surface area contributed by atoms with Crippen LogP contribution in [0.3, 0.4) is 0 Å². The monoisotopic (exact) mass is 293 g/mol. The zero-order chi connectivity index (χ0) is 15.1.